The summed E-state index contributed by atoms with van der Waals surface area (Å²) in [5.41, 5.74) is 8.73. The summed E-state index contributed by atoms with van der Waals surface area (Å²) in [6, 6.07) is 12.0. The molecule has 0 aliphatic carbocycles. The van der Waals surface area contributed by atoms with Crippen LogP contribution in [0.3, 0.4) is 0 Å². The minimum atomic E-state index is -0.254. The minimum absolute atomic E-state index is 0.0809. The van der Waals surface area contributed by atoms with Crippen LogP contribution in [0.1, 0.15) is 17.2 Å². The molecular formula is C19H22N6O. The SMILES string of the molecule is Cn1cc([C@H]2CN(Cc3ccn(-c4ccccc4)n3)C[C@@H]2C(N)=O)cn1. The molecule has 0 spiro atoms. The van der Waals surface area contributed by atoms with E-state index in [0.717, 1.165) is 23.5 Å². The molecule has 1 fully saturated rings. The van der Waals surface area contributed by atoms with Gasteiger partial charge in [0.1, 0.15) is 0 Å². The molecule has 3 heterocycles. The molecular weight excluding hydrogens is 328 g/mol. The van der Waals surface area contributed by atoms with E-state index < -0.39 is 0 Å². The van der Waals surface area contributed by atoms with Crippen molar-refractivity contribution in [3.63, 3.8) is 0 Å². The van der Waals surface area contributed by atoms with Gasteiger partial charge in [0.25, 0.3) is 0 Å². The first-order valence-corrected chi connectivity index (χ1v) is 8.70. The molecule has 26 heavy (non-hydrogen) atoms. The maximum Gasteiger partial charge on any atom is 0.222 e. The van der Waals surface area contributed by atoms with Crippen molar-refractivity contribution in [3.8, 4) is 5.69 Å². The molecule has 4 rings (SSSR count). The second-order valence-electron chi connectivity index (χ2n) is 6.84. The molecule has 1 amide bonds. The maximum absolute atomic E-state index is 11.9. The van der Waals surface area contributed by atoms with Gasteiger partial charge < -0.3 is 5.73 Å². The van der Waals surface area contributed by atoms with Gasteiger partial charge in [-0.2, -0.15) is 10.2 Å². The lowest BCUT2D eigenvalue weighted by Gasteiger charge is -2.13. The number of benzene rings is 1. The van der Waals surface area contributed by atoms with Crippen LogP contribution >= 0.6 is 0 Å². The number of amides is 1. The molecule has 0 bridgehead atoms. The largest absolute Gasteiger partial charge is 0.369 e. The van der Waals surface area contributed by atoms with E-state index in [1.807, 2.05) is 66.7 Å². The standard InChI is InChI=1S/C19H22N6O/c1-23-10-14(9-21-23)17-12-24(13-18(17)19(20)26)11-15-7-8-25(22-15)16-5-3-2-4-6-16/h2-10,17-18H,11-13H2,1H3,(H2,20,26)/t17-,18+/m1/s1. The summed E-state index contributed by atoms with van der Waals surface area (Å²) in [5.74, 6) is -0.371. The molecule has 134 valence electrons. The molecule has 1 saturated heterocycles. The Hall–Kier alpha value is -2.93. The van der Waals surface area contributed by atoms with Crippen molar-refractivity contribution in [2.24, 2.45) is 18.7 Å². The van der Waals surface area contributed by atoms with Crippen LogP contribution in [0.15, 0.2) is 55.0 Å². The number of primary amides is 1. The minimum Gasteiger partial charge on any atom is -0.369 e. The van der Waals surface area contributed by atoms with Crippen LogP contribution in [0.4, 0.5) is 0 Å². The highest BCUT2D eigenvalue weighted by atomic mass is 16.1. The summed E-state index contributed by atoms with van der Waals surface area (Å²) in [6.45, 7) is 2.12. The lowest BCUT2D eigenvalue weighted by atomic mass is 9.90. The maximum atomic E-state index is 11.9. The Morgan fingerprint density at radius 1 is 1.23 bits per heavy atom. The second-order valence-corrected chi connectivity index (χ2v) is 6.84. The first-order chi connectivity index (χ1) is 12.6. The van der Waals surface area contributed by atoms with Crippen LogP contribution in [-0.4, -0.2) is 43.5 Å². The number of aromatic nitrogens is 4. The van der Waals surface area contributed by atoms with Gasteiger partial charge in [-0.15, -0.1) is 0 Å². The lowest BCUT2D eigenvalue weighted by Crippen LogP contribution is -2.29. The third kappa shape index (κ3) is 3.25. The molecule has 2 aromatic heterocycles. The van der Waals surface area contributed by atoms with Gasteiger partial charge in [0.05, 0.1) is 23.5 Å². The van der Waals surface area contributed by atoms with Crippen LogP contribution in [-0.2, 0) is 18.4 Å². The zero-order valence-electron chi connectivity index (χ0n) is 14.7. The molecule has 7 heteroatoms. The lowest BCUT2D eigenvalue weighted by molar-refractivity contribution is -0.121. The second kappa shape index (κ2) is 6.76. The number of likely N-dealkylation sites (tertiary alicyclic amines) is 1. The van der Waals surface area contributed by atoms with Gasteiger partial charge in [0, 0.05) is 45.0 Å². The van der Waals surface area contributed by atoms with E-state index in [0.29, 0.717) is 13.1 Å². The number of para-hydroxylation sites is 1. The predicted octanol–water partition coefficient (Wildman–Crippen LogP) is 1.31. The summed E-state index contributed by atoms with van der Waals surface area (Å²) < 4.78 is 3.63. The third-order valence-corrected chi connectivity index (χ3v) is 4.96. The fourth-order valence-corrected chi connectivity index (χ4v) is 3.67. The molecule has 1 aliphatic rings. The summed E-state index contributed by atoms with van der Waals surface area (Å²) in [7, 11) is 1.88. The number of hydrogen-bond acceptors (Lipinski definition) is 4. The highest BCUT2D eigenvalue weighted by Gasteiger charge is 2.38. The number of carbonyl (C=O) groups is 1. The zero-order valence-corrected chi connectivity index (χ0v) is 14.7. The van der Waals surface area contributed by atoms with E-state index in [-0.39, 0.29) is 17.7 Å². The average molecular weight is 350 g/mol. The number of carbonyl (C=O) groups excluding carboxylic acids is 1. The molecule has 0 radical (unpaired) electrons. The number of rotatable bonds is 5. The summed E-state index contributed by atoms with van der Waals surface area (Å²) in [5, 5.41) is 8.89. The van der Waals surface area contributed by atoms with E-state index in [2.05, 4.69) is 15.1 Å². The monoisotopic (exact) mass is 350 g/mol. The van der Waals surface area contributed by atoms with E-state index in [4.69, 9.17) is 5.73 Å². The van der Waals surface area contributed by atoms with E-state index in [1.165, 1.54) is 0 Å². The molecule has 0 unspecified atom stereocenters. The van der Waals surface area contributed by atoms with Gasteiger partial charge in [-0.3, -0.25) is 14.4 Å². The Balaban J connectivity index is 1.49. The Labute approximate surface area is 152 Å². The average Bonchev–Trinajstić information content (AvgIpc) is 3.35. The first-order valence-electron chi connectivity index (χ1n) is 8.70. The summed E-state index contributed by atoms with van der Waals surface area (Å²) >= 11 is 0. The first kappa shape index (κ1) is 16.5. The molecule has 3 aromatic rings. The molecule has 0 saturated carbocycles. The van der Waals surface area contributed by atoms with Crippen LogP contribution in [0.5, 0.6) is 0 Å². The summed E-state index contributed by atoms with van der Waals surface area (Å²) in [4.78, 5) is 14.2. The van der Waals surface area contributed by atoms with Crippen molar-refractivity contribution >= 4 is 5.91 Å². The number of hydrogen-bond donors (Lipinski definition) is 1. The topological polar surface area (TPSA) is 82.0 Å². The number of nitrogens with two attached hydrogens (primary N) is 1. The zero-order chi connectivity index (χ0) is 18.1. The van der Waals surface area contributed by atoms with Crippen molar-refractivity contribution in [2.75, 3.05) is 13.1 Å². The quantitative estimate of drug-likeness (QED) is 0.752. The van der Waals surface area contributed by atoms with Crippen molar-refractivity contribution in [2.45, 2.75) is 12.5 Å². The van der Waals surface area contributed by atoms with E-state index in [1.54, 1.807) is 4.68 Å². The van der Waals surface area contributed by atoms with Crippen molar-refractivity contribution in [1.82, 2.24) is 24.5 Å². The smallest absolute Gasteiger partial charge is 0.222 e. The fourth-order valence-electron chi connectivity index (χ4n) is 3.67. The number of nitrogens with zero attached hydrogens (tertiary/aromatic N) is 5. The molecule has 2 atom stereocenters. The van der Waals surface area contributed by atoms with Crippen LogP contribution < -0.4 is 5.73 Å². The fraction of sp³-hybridized carbons (Fsp3) is 0.316. The van der Waals surface area contributed by atoms with Crippen LogP contribution in [0.25, 0.3) is 5.69 Å². The van der Waals surface area contributed by atoms with Crippen molar-refractivity contribution in [1.29, 1.82) is 0 Å². The highest BCUT2D eigenvalue weighted by molar-refractivity contribution is 5.78. The van der Waals surface area contributed by atoms with Crippen LogP contribution in [0, 0.1) is 5.92 Å². The third-order valence-electron chi connectivity index (χ3n) is 4.96. The van der Waals surface area contributed by atoms with Gasteiger partial charge in [0.15, 0.2) is 0 Å². The number of aryl methyl sites for hydroxylation is 1. The Bertz CT molecular complexity index is 900. The van der Waals surface area contributed by atoms with E-state index >= 15 is 0 Å². The van der Waals surface area contributed by atoms with Crippen LogP contribution in [0.2, 0.25) is 0 Å². The van der Waals surface area contributed by atoms with Gasteiger partial charge in [-0.1, -0.05) is 18.2 Å². The highest BCUT2D eigenvalue weighted by Crippen LogP contribution is 2.33. The van der Waals surface area contributed by atoms with Gasteiger partial charge in [-0.05, 0) is 23.8 Å². The normalized spacial score (nSPS) is 20.5. The van der Waals surface area contributed by atoms with E-state index in [9.17, 15) is 4.79 Å². The Kier molecular flexibility index (Phi) is 4.30. The van der Waals surface area contributed by atoms with Crippen molar-refractivity contribution in [3.05, 3.63) is 66.2 Å². The van der Waals surface area contributed by atoms with Gasteiger partial charge in [-0.25, -0.2) is 4.68 Å². The van der Waals surface area contributed by atoms with Gasteiger partial charge >= 0.3 is 0 Å². The molecule has 2 N–H and O–H groups in total. The Morgan fingerprint density at radius 2 is 2.04 bits per heavy atom. The molecule has 1 aliphatic heterocycles. The van der Waals surface area contributed by atoms with Crippen molar-refractivity contribution < 1.29 is 4.79 Å². The molecule has 1 aromatic carbocycles. The summed E-state index contributed by atoms with van der Waals surface area (Å²) in [6.07, 6.45) is 5.76. The Morgan fingerprint density at radius 3 is 2.73 bits per heavy atom. The molecule has 7 nitrogen and oxygen atoms in total. The van der Waals surface area contributed by atoms with Gasteiger partial charge in [0.2, 0.25) is 5.91 Å². The predicted molar refractivity (Wildman–Crippen MR) is 97.5 cm³/mol.